The fourth-order valence-corrected chi connectivity index (χ4v) is 3.37. The van der Waals surface area contributed by atoms with Gasteiger partial charge in [0.05, 0.1) is 4.92 Å². The van der Waals surface area contributed by atoms with Gasteiger partial charge in [0.15, 0.2) is 5.78 Å². The number of ketones is 1. The number of hydrogen-bond donors (Lipinski definition) is 1. The van der Waals surface area contributed by atoms with Crippen molar-refractivity contribution >= 4 is 36.3 Å². The van der Waals surface area contributed by atoms with Crippen LogP contribution in [0.2, 0.25) is 0 Å². The van der Waals surface area contributed by atoms with Crippen LogP contribution in [0.5, 0.6) is 0 Å². The Hall–Kier alpha value is -2.06. The molecule has 1 N–H and O–H groups in total. The van der Waals surface area contributed by atoms with Crippen molar-refractivity contribution in [2.75, 3.05) is 26.2 Å². The normalized spacial score (nSPS) is 16.4. The van der Waals surface area contributed by atoms with E-state index < -0.39 is 4.92 Å². The first-order chi connectivity index (χ1) is 13.0. The molecule has 0 aliphatic carbocycles. The van der Waals surface area contributed by atoms with Gasteiger partial charge in [-0.05, 0) is 24.1 Å². The monoisotopic (exact) mass is 443 g/mol. The predicted octanol–water partition coefficient (Wildman–Crippen LogP) is 3.67. The number of nitrogens with one attached hydrogen (secondary N) is 1. The molecule has 0 bridgehead atoms. The van der Waals surface area contributed by atoms with E-state index in [1.165, 1.54) is 30.3 Å². The van der Waals surface area contributed by atoms with Crippen molar-refractivity contribution in [2.24, 2.45) is 0 Å². The summed E-state index contributed by atoms with van der Waals surface area (Å²) < 4.78 is 13.1. The van der Waals surface area contributed by atoms with Gasteiger partial charge in [-0.3, -0.25) is 19.8 Å². The number of nitro benzene ring substituents is 1. The van der Waals surface area contributed by atoms with Gasteiger partial charge < -0.3 is 5.32 Å². The van der Waals surface area contributed by atoms with Crippen LogP contribution in [-0.4, -0.2) is 47.8 Å². The van der Waals surface area contributed by atoms with Gasteiger partial charge in [-0.2, -0.15) is 0 Å². The highest BCUT2D eigenvalue weighted by Crippen LogP contribution is 2.16. The third-order valence-corrected chi connectivity index (χ3v) is 4.86. The SMILES string of the molecule is Cl.Cl.O=C(CCN1CCNCC1Cc1ccc(F)cc1)c1cccc([N+](=O)[O-])c1. The fraction of sp³-hybridized carbons (Fsp3) is 0.350. The molecule has 1 saturated heterocycles. The Morgan fingerprint density at radius 2 is 1.93 bits per heavy atom. The lowest BCUT2D eigenvalue weighted by Crippen LogP contribution is -2.52. The highest BCUT2D eigenvalue weighted by molar-refractivity contribution is 5.96. The summed E-state index contributed by atoms with van der Waals surface area (Å²) in [6.07, 6.45) is 1.08. The quantitative estimate of drug-likeness (QED) is 0.401. The third kappa shape index (κ3) is 7.04. The van der Waals surface area contributed by atoms with Crippen LogP contribution < -0.4 is 5.32 Å². The molecule has 9 heteroatoms. The topological polar surface area (TPSA) is 75.5 Å². The van der Waals surface area contributed by atoms with Crippen molar-refractivity contribution in [1.82, 2.24) is 10.2 Å². The minimum atomic E-state index is -0.494. The summed E-state index contributed by atoms with van der Waals surface area (Å²) in [6.45, 7) is 3.08. The number of carbonyl (C=O) groups excluding carboxylic acids is 1. The minimum absolute atomic E-state index is 0. The standard InChI is InChI=1S/C20H22FN3O3.2ClH/c21-17-6-4-15(5-7-17)12-19-14-22-9-11-23(19)10-8-20(25)16-2-1-3-18(13-16)24(26)27;;/h1-7,13,19,22H,8-12,14H2;2*1H. The van der Waals surface area contributed by atoms with Gasteiger partial charge in [0.2, 0.25) is 0 Å². The second-order valence-electron chi connectivity index (χ2n) is 6.71. The Balaban J connectivity index is 0.00000210. The summed E-state index contributed by atoms with van der Waals surface area (Å²) in [6, 6.07) is 12.6. The zero-order valence-electron chi connectivity index (χ0n) is 15.8. The molecule has 0 radical (unpaired) electrons. The van der Waals surface area contributed by atoms with Gasteiger partial charge in [0.1, 0.15) is 5.82 Å². The molecule has 0 spiro atoms. The molecule has 2 aromatic rings. The Morgan fingerprint density at radius 3 is 2.62 bits per heavy atom. The van der Waals surface area contributed by atoms with E-state index >= 15 is 0 Å². The summed E-state index contributed by atoms with van der Waals surface area (Å²) in [4.78, 5) is 25.1. The van der Waals surface area contributed by atoms with E-state index in [9.17, 15) is 19.3 Å². The Bertz CT molecular complexity index is 821. The van der Waals surface area contributed by atoms with Gasteiger partial charge in [-0.15, -0.1) is 24.8 Å². The molecular formula is C20H24Cl2FN3O3. The zero-order valence-corrected chi connectivity index (χ0v) is 17.4. The van der Waals surface area contributed by atoms with Gasteiger partial charge >= 0.3 is 0 Å². The number of piperazine rings is 1. The average Bonchev–Trinajstić information content (AvgIpc) is 2.69. The van der Waals surface area contributed by atoms with Gasteiger partial charge in [-0.1, -0.05) is 24.3 Å². The van der Waals surface area contributed by atoms with Crippen LogP contribution in [0.4, 0.5) is 10.1 Å². The second-order valence-corrected chi connectivity index (χ2v) is 6.71. The fourth-order valence-electron chi connectivity index (χ4n) is 3.37. The predicted molar refractivity (Wildman–Crippen MR) is 115 cm³/mol. The van der Waals surface area contributed by atoms with Crippen LogP contribution >= 0.6 is 24.8 Å². The van der Waals surface area contributed by atoms with Gasteiger partial charge in [0, 0.05) is 56.3 Å². The van der Waals surface area contributed by atoms with E-state index in [4.69, 9.17) is 0 Å². The van der Waals surface area contributed by atoms with Crippen LogP contribution in [0.25, 0.3) is 0 Å². The summed E-state index contributed by atoms with van der Waals surface area (Å²) in [5.41, 5.74) is 1.35. The number of rotatable bonds is 7. The van der Waals surface area contributed by atoms with Crippen molar-refractivity contribution < 1.29 is 14.1 Å². The van der Waals surface area contributed by atoms with E-state index in [0.717, 1.165) is 31.6 Å². The largest absolute Gasteiger partial charge is 0.314 e. The summed E-state index contributed by atoms with van der Waals surface area (Å²) in [5.74, 6) is -0.349. The lowest BCUT2D eigenvalue weighted by atomic mass is 10.0. The molecule has 1 fully saturated rings. The maximum Gasteiger partial charge on any atom is 0.270 e. The first-order valence-electron chi connectivity index (χ1n) is 9.00. The molecule has 3 rings (SSSR count). The highest BCUT2D eigenvalue weighted by atomic mass is 35.5. The average molecular weight is 444 g/mol. The number of nitro groups is 1. The molecule has 1 heterocycles. The lowest BCUT2D eigenvalue weighted by molar-refractivity contribution is -0.384. The maximum absolute atomic E-state index is 13.1. The first kappa shape index (κ1) is 25.0. The van der Waals surface area contributed by atoms with E-state index in [2.05, 4.69) is 10.2 Å². The van der Waals surface area contributed by atoms with E-state index in [-0.39, 0.29) is 48.1 Å². The van der Waals surface area contributed by atoms with Crippen LogP contribution in [0, 0.1) is 15.9 Å². The van der Waals surface area contributed by atoms with Gasteiger partial charge in [-0.25, -0.2) is 4.39 Å². The van der Waals surface area contributed by atoms with E-state index in [0.29, 0.717) is 18.5 Å². The number of halogens is 3. The molecule has 0 amide bonds. The zero-order chi connectivity index (χ0) is 19.2. The second kappa shape index (κ2) is 11.8. The lowest BCUT2D eigenvalue weighted by Gasteiger charge is -2.36. The van der Waals surface area contributed by atoms with Crippen LogP contribution in [-0.2, 0) is 6.42 Å². The molecule has 0 aromatic heterocycles. The number of nitrogens with zero attached hydrogens (tertiary/aromatic N) is 2. The van der Waals surface area contributed by atoms with E-state index in [1.807, 2.05) is 0 Å². The summed E-state index contributed by atoms with van der Waals surface area (Å²) >= 11 is 0. The van der Waals surface area contributed by atoms with Crippen LogP contribution in [0.3, 0.4) is 0 Å². The Labute approximate surface area is 181 Å². The number of carbonyl (C=O) groups is 1. The molecular weight excluding hydrogens is 420 g/mol. The van der Waals surface area contributed by atoms with Crippen molar-refractivity contribution in [1.29, 1.82) is 0 Å². The Kier molecular flexibility index (Phi) is 10.2. The number of non-ortho nitro benzene ring substituents is 1. The maximum atomic E-state index is 13.1. The van der Waals surface area contributed by atoms with Crippen molar-refractivity contribution in [3.8, 4) is 0 Å². The van der Waals surface area contributed by atoms with E-state index in [1.54, 1.807) is 18.2 Å². The van der Waals surface area contributed by atoms with Gasteiger partial charge in [0.25, 0.3) is 5.69 Å². The molecule has 158 valence electrons. The smallest absolute Gasteiger partial charge is 0.270 e. The molecule has 6 nitrogen and oxygen atoms in total. The number of benzene rings is 2. The molecule has 29 heavy (non-hydrogen) atoms. The van der Waals surface area contributed by atoms with Crippen LogP contribution in [0.1, 0.15) is 22.3 Å². The third-order valence-electron chi connectivity index (χ3n) is 4.86. The summed E-state index contributed by atoms with van der Waals surface area (Å²) in [5, 5.41) is 14.2. The van der Waals surface area contributed by atoms with Crippen LogP contribution in [0.15, 0.2) is 48.5 Å². The van der Waals surface area contributed by atoms with Crippen molar-refractivity contribution in [2.45, 2.75) is 18.9 Å². The molecule has 0 saturated carbocycles. The molecule has 2 aromatic carbocycles. The first-order valence-corrected chi connectivity index (χ1v) is 9.00. The highest BCUT2D eigenvalue weighted by Gasteiger charge is 2.23. The van der Waals surface area contributed by atoms with Crippen molar-refractivity contribution in [3.05, 3.63) is 75.6 Å². The molecule has 1 atom stereocenters. The number of Topliss-reactive ketones (excluding diaryl/α,β-unsaturated/α-hetero) is 1. The molecule has 1 aliphatic rings. The minimum Gasteiger partial charge on any atom is -0.314 e. The van der Waals surface area contributed by atoms with Crippen molar-refractivity contribution in [3.63, 3.8) is 0 Å². The Morgan fingerprint density at radius 1 is 1.21 bits per heavy atom. The number of hydrogen-bond acceptors (Lipinski definition) is 5. The molecule has 1 aliphatic heterocycles. The summed E-state index contributed by atoms with van der Waals surface area (Å²) in [7, 11) is 0. The molecule has 1 unspecified atom stereocenters.